The van der Waals surface area contributed by atoms with Gasteiger partial charge in [-0.2, -0.15) is 5.26 Å². The Hall–Kier alpha value is -4.72. The number of anilines is 2. The van der Waals surface area contributed by atoms with Gasteiger partial charge in [0.05, 0.1) is 11.6 Å². The lowest BCUT2D eigenvalue weighted by Gasteiger charge is -2.40. The zero-order valence-electron chi connectivity index (χ0n) is 24.2. The first-order valence-corrected chi connectivity index (χ1v) is 14.6. The zero-order valence-corrected chi connectivity index (χ0v) is 24.2. The van der Waals surface area contributed by atoms with Gasteiger partial charge in [0.25, 0.3) is 5.91 Å². The number of carbonyl (C=O) groups is 3. The Morgan fingerprint density at radius 2 is 1.84 bits per heavy atom. The number of pyridine rings is 1. The van der Waals surface area contributed by atoms with Crippen LogP contribution in [0.1, 0.15) is 67.7 Å². The number of nitrogens with zero attached hydrogens (tertiary/aromatic N) is 4. The van der Waals surface area contributed by atoms with Crippen LogP contribution in [-0.4, -0.2) is 40.7 Å². The van der Waals surface area contributed by atoms with E-state index in [1.807, 2.05) is 6.07 Å². The summed E-state index contributed by atoms with van der Waals surface area (Å²) >= 11 is 0. The van der Waals surface area contributed by atoms with E-state index in [4.69, 9.17) is 0 Å². The third-order valence-electron chi connectivity index (χ3n) is 8.23. The van der Waals surface area contributed by atoms with Crippen molar-refractivity contribution in [3.8, 4) is 6.07 Å². The SMILES string of the molecule is Cc1ccccc1C(C(=O)NC1CCC(F)(F)CC1)N(C(=O)C1CCCC(=O)N1c1cc(C#N)ccn1)c1cccc(F)c1. The van der Waals surface area contributed by atoms with E-state index in [0.717, 1.165) is 6.07 Å². The summed E-state index contributed by atoms with van der Waals surface area (Å²) in [4.78, 5) is 48.9. The molecular formula is C33H32F3N5O3. The van der Waals surface area contributed by atoms with Crippen LogP contribution in [0.4, 0.5) is 24.7 Å². The fourth-order valence-corrected chi connectivity index (χ4v) is 5.96. The van der Waals surface area contributed by atoms with Crippen molar-refractivity contribution in [2.45, 2.75) is 75.9 Å². The molecule has 3 aromatic rings. The molecule has 2 aliphatic rings. The van der Waals surface area contributed by atoms with Gasteiger partial charge in [-0.3, -0.25) is 24.2 Å². The largest absolute Gasteiger partial charge is 0.351 e. The molecule has 1 aliphatic carbocycles. The van der Waals surface area contributed by atoms with Gasteiger partial charge < -0.3 is 5.32 Å². The summed E-state index contributed by atoms with van der Waals surface area (Å²) in [6, 6.07) is 14.2. The Balaban J connectivity index is 1.61. The summed E-state index contributed by atoms with van der Waals surface area (Å²) < 4.78 is 42.5. The number of nitrogens with one attached hydrogen (secondary N) is 1. The Bertz CT molecular complexity index is 1600. The maximum atomic E-state index is 14.7. The maximum Gasteiger partial charge on any atom is 0.251 e. The van der Waals surface area contributed by atoms with Crippen LogP contribution >= 0.6 is 0 Å². The quantitative estimate of drug-likeness (QED) is 0.370. The van der Waals surface area contributed by atoms with E-state index in [0.29, 0.717) is 17.5 Å². The average Bonchev–Trinajstić information content (AvgIpc) is 3.01. The lowest BCUT2D eigenvalue weighted by molar-refractivity contribution is -0.130. The molecule has 1 N–H and O–H groups in total. The number of benzene rings is 2. The fourth-order valence-electron chi connectivity index (χ4n) is 5.96. The summed E-state index contributed by atoms with van der Waals surface area (Å²) in [5.41, 5.74) is 1.47. The second kappa shape index (κ2) is 12.9. The third kappa shape index (κ3) is 6.59. The van der Waals surface area contributed by atoms with E-state index < -0.39 is 41.7 Å². The second-order valence-electron chi connectivity index (χ2n) is 11.3. The molecular weight excluding hydrogens is 571 g/mol. The second-order valence-corrected chi connectivity index (χ2v) is 11.3. The number of piperidine rings is 1. The van der Waals surface area contributed by atoms with Crippen molar-refractivity contribution in [2.24, 2.45) is 0 Å². The van der Waals surface area contributed by atoms with Gasteiger partial charge in [0.1, 0.15) is 23.7 Å². The highest BCUT2D eigenvalue weighted by Crippen LogP contribution is 2.36. The molecule has 5 rings (SSSR count). The normalized spacial score (nSPS) is 19.1. The van der Waals surface area contributed by atoms with E-state index in [1.165, 1.54) is 46.3 Å². The molecule has 1 saturated carbocycles. The van der Waals surface area contributed by atoms with Crippen LogP contribution < -0.4 is 15.1 Å². The number of aromatic nitrogens is 1. The molecule has 0 radical (unpaired) electrons. The van der Waals surface area contributed by atoms with E-state index in [1.54, 1.807) is 31.2 Å². The summed E-state index contributed by atoms with van der Waals surface area (Å²) in [6.45, 7) is 1.78. The van der Waals surface area contributed by atoms with Crippen LogP contribution in [0.5, 0.6) is 0 Å². The number of nitriles is 1. The van der Waals surface area contributed by atoms with Gasteiger partial charge in [-0.05, 0) is 74.1 Å². The van der Waals surface area contributed by atoms with Gasteiger partial charge in [-0.15, -0.1) is 0 Å². The van der Waals surface area contributed by atoms with Crippen LogP contribution in [0, 0.1) is 24.1 Å². The van der Waals surface area contributed by atoms with Gasteiger partial charge in [0.15, 0.2) is 0 Å². The van der Waals surface area contributed by atoms with Crippen molar-refractivity contribution in [2.75, 3.05) is 9.80 Å². The highest BCUT2D eigenvalue weighted by atomic mass is 19.3. The van der Waals surface area contributed by atoms with Crippen LogP contribution in [0.15, 0.2) is 66.9 Å². The molecule has 44 heavy (non-hydrogen) atoms. The van der Waals surface area contributed by atoms with Gasteiger partial charge >= 0.3 is 0 Å². The molecule has 2 fully saturated rings. The number of halogens is 3. The highest BCUT2D eigenvalue weighted by Gasteiger charge is 2.43. The minimum Gasteiger partial charge on any atom is -0.351 e. The maximum absolute atomic E-state index is 14.7. The first-order valence-electron chi connectivity index (χ1n) is 14.6. The van der Waals surface area contributed by atoms with Gasteiger partial charge in [0, 0.05) is 37.2 Å². The van der Waals surface area contributed by atoms with Crippen molar-refractivity contribution in [1.29, 1.82) is 5.26 Å². The lowest BCUT2D eigenvalue weighted by atomic mass is 9.91. The van der Waals surface area contributed by atoms with Crippen molar-refractivity contribution in [3.63, 3.8) is 0 Å². The van der Waals surface area contributed by atoms with E-state index in [-0.39, 0.29) is 61.5 Å². The molecule has 1 saturated heterocycles. The first kappa shape index (κ1) is 30.7. The van der Waals surface area contributed by atoms with Crippen molar-refractivity contribution in [1.82, 2.24) is 10.3 Å². The number of amides is 3. The van der Waals surface area contributed by atoms with Crippen LogP contribution in [-0.2, 0) is 14.4 Å². The number of hydrogen-bond donors (Lipinski definition) is 1. The highest BCUT2D eigenvalue weighted by molar-refractivity contribution is 6.09. The molecule has 0 bridgehead atoms. The molecule has 0 spiro atoms. The molecule has 228 valence electrons. The molecule has 2 heterocycles. The number of aryl methyl sites for hydroxylation is 1. The topological polar surface area (TPSA) is 106 Å². The Morgan fingerprint density at radius 3 is 2.55 bits per heavy atom. The van der Waals surface area contributed by atoms with Gasteiger partial charge in [-0.1, -0.05) is 30.3 Å². The fraction of sp³-hybridized carbons (Fsp3) is 0.364. The molecule has 8 nitrogen and oxygen atoms in total. The van der Waals surface area contributed by atoms with Crippen LogP contribution in [0.2, 0.25) is 0 Å². The van der Waals surface area contributed by atoms with Gasteiger partial charge in [-0.25, -0.2) is 18.2 Å². The number of hydrogen-bond acceptors (Lipinski definition) is 5. The standard InChI is InChI=1S/C33H32F3N5O3/c1-21-6-2-3-9-26(21)30(31(43)39-24-12-15-33(35,36)16-13-24)40(25-8-4-7-23(34)19-25)32(44)27-10-5-11-29(42)41(27)28-18-22(20-37)14-17-38-28/h2-4,6-9,14,17-19,24,27,30H,5,10-13,15-16H2,1H3,(H,39,43). The predicted molar refractivity (Wildman–Crippen MR) is 157 cm³/mol. The molecule has 3 amide bonds. The number of carbonyl (C=O) groups excluding carboxylic acids is 3. The lowest BCUT2D eigenvalue weighted by Crippen LogP contribution is -2.57. The summed E-state index contributed by atoms with van der Waals surface area (Å²) in [6.07, 6.45) is 1.54. The molecule has 1 aliphatic heterocycles. The zero-order chi connectivity index (χ0) is 31.4. The predicted octanol–water partition coefficient (Wildman–Crippen LogP) is 5.75. The number of rotatable bonds is 7. The molecule has 2 unspecified atom stereocenters. The van der Waals surface area contributed by atoms with Crippen LogP contribution in [0.25, 0.3) is 0 Å². The van der Waals surface area contributed by atoms with Crippen molar-refractivity contribution >= 4 is 29.2 Å². The third-order valence-corrected chi connectivity index (χ3v) is 8.23. The van der Waals surface area contributed by atoms with Crippen molar-refractivity contribution in [3.05, 3.63) is 89.4 Å². The number of alkyl halides is 2. The molecule has 1 aromatic heterocycles. The Morgan fingerprint density at radius 1 is 1.09 bits per heavy atom. The van der Waals surface area contributed by atoms with E-state index in [2.05, 4.69) is 10.3 Å². The van der Waals surface area contributed by atoms with E-state index in [9.17, 15) is 32.8 Å². The van der Waals surface area contributed by atoms with Crippen molar-refractivity contribution < 1.29 is 27.6 Å². The average molecular weight is 604 g/mol. The van der Waals surface area contributed by atoms with Gasteiger partial charge in [0.2, 0.25) is 17.7 Å². The smallest absolute Gasteiger partial charge is 0.251 e. The minimum absolute atomic E-state index is 0.0684. The molecule has 11 heteroatoms. The first-order chi connectivity index (χ1) is 21.1. The molecule has 2 atom stereocenters. The van der Waals surface area contributed by atoms with Crippen LogP contribution in [0.3, 0.4) is 0 Å². The molecule has 2 aromatic carbocycles. The summed E-state index contributed by atoms with van der Waals surface area (Å²) in [5.74, 6) is -4.95. The monoisotopic (exact) mass is 603 g/mol. The van der Waals surface area contributed by atoms with E-state index >= 15 is 0 Å². The Kier molecular flexibility index (Phi) is 8.99. The minimum atomic E-state index is -2.80. The Labute approximate surface area is 253 Å². The summed E-state index contributed by atoms with van der Waals surface area (Å²) in [7, 11) is 0. The summed E-state index contributed by atoms with van der Waals surface area (Å²) in [5, 5.41) is 12.3.